The normalized spacial score (nSPS) is 21.4. The molecule has 0 amide bonds. The average molecular weight is 239 g/mol. The number of alkyl halides is 1. The minimum atomic E-state index is -0.136. The minimum absolute atomic E-state index is 0.0532. The molecule has 0 aliphatic heterocycles. The fourth-order valence-corrected chi connectivity index (χ4v) is 2.46. The van der Waals surface area contributed by atoms with E-state index in [0.717, 1.165) is 42.4 Å². The highest BCUT2D eigenvalue weighted by atomic mass is 35.5. The minimum Gasteiger partial charge on any atom is -0.206 e. The lowest BCUT2D eigenvalue weighted by Gasteiger charge is -2.08. The van der Waals surface area contributed by atoms with E-state index < -0.39 is 0 Å². The van der Waals surface area contributed by atoms with Gasteiger partial charge in [-0.1, -0.05) is 24.1 Å². The fourth-order valence-electron chi connectivity index (χ4n) is 2.15. The largest absolute Gasteiger partial charge is 0.206 e. The molecule has 0 radical (unpaired) electrons. The molecule has 0 heterocycles. The molecule has 1 aromatic carbocycles. The van der Waals surface area contributed by atoms with Gasteiger partial charge in [-0.3, -0.25) is 0 Å². The number of rotatable bonds is 1. The summed E-state index contributed by atoms with van der Waals surface area (Å²) in [5.41, 5.74) is 2.89. The summed E-state index contributed by atoms with van der Waals surface area (Å²) in [6.45, 7) is 1.98. The molecule has 2 heteroatoms. The van der Waals surface area contributed by atoms with Crippen molar-refractivity contribution in [1.29, 1.82) is 0 Å². The molecule has 1 atom stereocenters. The van der Waals surface area contributed by atoms with Gasteiger partial charge in [0.25, 0.3) is 0 Å². The predicted molar refractivity (Wildman–Crippen MR) is 67.2 cm³/mol. The Kier molecular flexibility index (Phi) is 3.65. The van der Waals surface area contributed by atoms with Gasteiger partial charge in [-0.05, 0) is 43.9 Å². The third-order valence-electron chi connectivity index (χ3n) is 3.03. The number of allylic oxidation sites excluding steroid dienone is 2. The number of hydrogen-bond acceptors (Lipinski definition) is 0. The second kappa shape index (κ2) is 5.01. The van der Waals surface area contributed by atoms with Gasteiger partial charge in [0, 0.05) is 5.56 Å². The van der Waals surface area contributed by atoms with E-state index in [4.69, 9.17) is 11.6 Å². The lowest BCUT2D eigenvalue weighted by Crippen LogP contribution is -1.94. The van der Waals surface area contributed by atoms with Gasteiger partial charge in [0.15, 0.2) is 0 Å². The molecule has 0 fully saturated rings. The zero-order valence-electron chi connectivity index (χ0n) is 9.47. The van der Waals surface area contributed by atoms with Crippen LogP contribution in [0.1, 0.15) is 36.8 Å². The van der Waals surface area contributed by atoms with Crippen LogP contribution in [0.5, 0.6) is 0 Å². The van der Waals surface area contributed by atoms with Gasteiger partial charge >= 0.3 is 0 Å². The zero-order valence-corrected chi connectivity index (χ0v) is 10.2. The molecule has 0 saturated carbocycles. The third kappa shape index (κ3) is 2.65. The maximum atomic E-state index is 13.7. The Hall–Kier alpha value is -0.820. The molecular weight excluding hydrogens is 223 g/mol. The van der Waals surface area contributed by atoms with Crippen LogP contribution < -0.4 is 0 Å². The van der Waals surface area contributed by atoms with Gasteiger partial charge in [0.2, 0.25) is 0 Å². The Bertz CT molecular complexity index is 409. The van der Waals surface area contributed by atoms with Gasteiger partial charge in [-0.15, -0.1) is 11.6 Å². The van der Waals surface area contributed by atoms with E-state index in [2.05, 4.69) is 0 Å². The molecule has 2 rings (SSSR count). The summed E-state index contributed by atoms with van der Waals surface area (Å²) >= 11 is 6.16. The van der Waals surface area contributed by atoms with Crippen LogP contribution in [-0.4, -0.2) is 5.38 Å². The Balaban J connectivity index is 2.38. The monoisotopic (exact) mass is 238 g/mol. The molecule has 86 valence electrons. The van der Waals surface area contributed by atoms with Crippen molar-refractivity contribution in [1.82, 2.24) is 0 Å². The van der Waals surface area contributed by atoms with E-state index in [-0.39, 0.29) is 11.2 Å². The van der Waals surface area contributed by atoms with Crippen molar-refractivity contribution in [3.63, 3.8) is 0 Å². The van der Waals surface area contributed by atoms with Crippen molar-refractivity contribution < 1.29 is 4.39 Å². The maximum Gasteiger partial charge on any atom is 0.130 e. The highest BCUT2D eigenvalue weighted by Crippen LogP contribution is 2.30. The van der Waals surface area contributed by atoms with Crippen molar-refractivity contribution in [3.8, 4) is 0 Å². The SMILES string of the molecule is Cc1ccc(F)c(C2=CC(Cl)CCCC2)c1. The summed E-state index contributed by atoms with van der Waals surface area (Å²) in [5, 5.41) is 0.0532. The summed E-state index contributed by atoms with van der Waals surface area (Å²) in [7, 11) is 0. The molecule has 0 N–H and O–H groups in total. The van der Waals surface area contributed by atoms with Crippen molar-refractivity contribution in [2.75, 3.05) is 0 Å². The summed E-state index contributed by atoms with van der Waals surface area (Å²) in [5.74, 6) is -0.136. The first-order valence-corrected chi connectivity index (χ1v) is 6.22. The Morgan fingerprint density at radius 2 is 2.12 bits per heavy atom. The zero-order chi connectivity index (χ0) is 11.5. The van der Waals surface area contributed by atoms with Crippen LogP contribution >= 0.6 is 11.6 Å². The highest BCUT2D eigenvalue weighted by molar-refractivity contribution is 6.22. The summed E-state index contributed by atoms with van der Waals surface area (Å²) < 4.78 is 13.7. The highest BCUT2D eigenvalue weighted by Gasteiger charge is 2.13. The summed E-state index contributed by atoms with van der Waals surface area (Å²) in [4.78, 5) is 0. The predicted octanol–water partition coefficient (Wildman–Crippen LogP) is 4.70. The average Bonchev–Trinajstić information content (AvgIpc) is 2.46. The van der Waals surface area contributed by atoms with Crippen molar-refractivity contribution in [3.05, 3.63) is 41.2 Å². The van der Waals surface area contributed by atoms with E-state index in [0.29, 0.717) is 0 Å². The lowest BCUT2D eigenvalue weighted by atomic mass is 9.99. The first-order chi connectivity index (χ1) is 7.66. The molecule has 1 aliphatic rings. The number of aryl methyl sites for hydroxylation is 1. The first-order valence-electron chi connectivity index (χ1n) is 5.78. The van der Waals surface area contributed by atoms with E-state index in [1.807, 2.05) is 19.1 Å². The number of halogens is 2. The standard InChI is InChI=1S/C14H16ClF/c1-10-6-7-14(16)13(8-10)11-4-2-3-5-12(15)9-11/h6-9,12H,2-5H2,1H3. The second-order valence-corrected chi connectivity index (χ2v) is 5.00. The molecule has 0 saturated heterocycles. The van der Waals surface area contributed by atoms with Crippen LogP contribution in [0.25, 0.3) is 5.57 Å². The number of benzene rings is 1. The second-order valence-electron chi connectivity index (χ2n) is 4.44. The van der Waals surface area contributed by atoms with Crippen molar-refractivity contribution in [2.45, 2.75) is 38.0 Å². The van der Waals surface area contributed by atoms with Crippen LogP contribution in [0.3, 0.4) is 0 Å². The van der Waals surface area contributed by atoms with Crippen molar-refractivity contribution >= 4 is 17.2 Å². The molecule has 0 aromatic heterocycles. The topological polar surface area (TPSA) is 0 Å². The Labute approximate surface area is 101 Å². The van der Waals surface area contributed by atoms with Gasteiger partial charge in [0.1, 0.15) is 5.82 Å². The van der Waals surface area contributed by atoms with Gasteiger partial charge in [-0.25, -0.2) is 4.39 Å². The van der Waals surface area contributed by atoms with E-state index in [1.54, 1.807) is 12.1 Å². The van der Waals surface area contributed by atoms with Crippen LogP contribution in [-0.2, 0) is 0 Å². The molecule has 0 bridgehead atoms. The lowest BCUT2D eigenvalue weighted by molar-refractivity contribution is 0.622. The van der Waals surface area contributed by atoms with Crippen molar-refractivity contribution in [2.24, 2.45) is 0 Å². The smallest absolute Gasteiger partial charge is 0.130 e. The number of hydrogen-bond donors (Lipinski definition) is 0. The first kappa shape index (κ1) is 11.7. The van der Waals surface area contributed by atoms with Gasteiger partial charge in [0.05, 0.1) is 5.38 Å². The molecule has 0 nitrogen and oxygen atoms in total. The molecule has 1 aromatic rings. The van der Waals surface area contributed by atoms with E-state index >= 15 is 0 Å². The van der Waals surface area contributed by atoms with Crippen LogP contribution in [0, 0.1) is 12.7 Å². The Morgan fingerprint density at radius 3 is 2.94 bits per heavy atom. The van der Waals surface area contributed by atoms with Crippen LogP contribution in [0.15, 0.2) is 24.3 Å². The molecule has 1 unspecified atom stereocenters. The van der Waals surface area contributed by atoms with Gasteiger partial charge < -0.3 is 0 Å². The Morgan fingerprint density at radius 1 is 1.31 bits per heavy atom. The third-order valence-corrected chi connectivity index (χ3v) is 3.37. The van der Waals surface area contributed by atoms with Crippen LogP contribution in [0.4, 0.5) is 4.39 Å². The van der Waals surface area contributed by atoms with E-state index in [9.17, 15) is 4.39 Å². The fraction of sp³-hybridized carbons (Fsp3) is 0.429. The molecule has 1 aliphatic carbocycles. The maximum absolute atomic E-state index is 13.7. The molecule has 16 heavy (non-hydrogen) atoms. The molecular formula is C14H16ClF. The quantitative estimate of drug-likeness (QED) is 0.622. The summed E-state index contributed by atoms with van der Waals surface area (Å²) in [6, 6.07) is 5.25. The summed E-state index contributed by atoms with van der Waals surface area (Å²) in [6.07, 6.45) is 6.18. The van der Waals surface area contributed by atoms with E-state index in [1.165, 1.54) is 0 Å². The molecule has 0 spiro atoms. The van der Waals surface area contributed by atoms with Crippen LogP contribution in [0.2, 0.25) is 0 Å². The van der Waals surface area contributed by atoms with Gasteiger partial charge in [-0.2, -0.15) is 0 Å².